The molecule has 0 aliphatic rings. The van der Waals surface area contributed by atoms with Crippen LogP contribution < -0.4 is 10.2 Å². The van der Waals surface area contributed by atoms with Crippen molar-refractivity contribution in [1.29, 1.82) is 0 Å². The van der Waals surface area contributed by atoms with Crippen molar-refractivity contribution in [2.24, 2.45) is 0 Å². The van der Waals surface area contributed by atoms with Crippen LogP contribution in [-0.2, 0) is 6.54 Å². The van der Waals surface area contributed by atoms with Crippen molar-refractivity contribution in [3.05, 3.63) is 58.3 Å². The van der Waals surface area contributed by atoms with Crippen LogP contribution in [0.3, 0.4) is 0 Å². The van der Waals surface area contributed by atoms with Gasteiger partial charge in [0.05, 0.1) is 0 Å². The summed E-state index contributed by atoms with van der Waals surface area (Å²) in [7, 11) is 3.90. The summed E-state index contributed by atoms with van der Waals surface area (Å²) in [5, 5.41) is 3.16. The van der Waals surface area contributed by atoms with Crippen molar-refractivity contribution in [3.63, 3.8) is 0 Å². The Labute approximate surface area is 121 Å². The molecule has 100 valence electrons. The molecule has 2 aromatic carbocycles. The summed E-state index contributed by atoms with van der Waals surface area (Å²) in [6, 6.07) is 12.7. The number of hydrogen-bond donors (Lipinski definition) is 1. The van der Waals surface area contributed by atoms with Gasteiger partial charge in [-0.15, -0.1) is 0 Å². The summed E-state index contributed by atoms with van der Waals surface area (Å²) in [5.74, 6) is -0.219. The van der Waals surface area contributed by atoms with Crippen molar-refractivity contribution in [1.82, 2.24) is 5.32 Å². The number of anilines is 2. The highest BCUT2D eigenvalue weighted by Crippen LogP contribution is 2.29. The Balaban J connectivity index is 2.37. The van der Waals surface area contributed by atoms with E-state index in [2.05, 4.69) is 38.3 Å². The van der Waals surface area contributed by atoms with Crippen LogP contribution in [0.5, 0.6) is 0 Å². The molecule has 0 aliphatic carbocycles. The van der Waals surface area contributed by atoms with Crippen LogP contribution in [0.15, 0.2) is 46.9 Å². The average Bonchev–Trinajstić information content (AvgIpc) is 2.39. The molecule has 0 aromatic heterocycles. The summed E-state index contributed by atoms with van der Waals surface area (Å²) in [5.41, 5.74) is 3.24. The van der Waals surface area contributed by atoms with Gasteiger partial charge in [0.2, 0.25) is 0 Å². The second-order valence-corrected chi connectivity index (χ2v) is 5.25. The lowest BCUT2D eigenvalue weighted by Gasteiger charge is -2.23. The summed E-state index contributed by atoms with van der Waals surface area (Å²) in [6.07, 6.45) is 0. The third-order valence-corrected chi connectivity index (χ3v) is 3.48. The van der Waals surface area contributed by atoms with E-state index in [0.717, 1.165) is 22.4 Å². The first-order valence-corrected chi connectivity index (χ1v) is 6.83. The van der Waals surface area contributed by atoms with Crippen LogP contribution >= 0.6 is 15.9 Å². The molecule has 0 spiro atoms. The summed E-state index contributed by atoms with van der Waals surface area (Å²) in [6.45, 7) is 0.778. The van der Waals surface area contributed by atoms with E-state index in [1.807, 2.05) is 20.2 Å². The minimum Gasteiger partial charge on any atom is -0.344 e. The van der Waals surface area contributed by atoms with Gasteiger partial charge in [-0.05, 0) is 55.1 Å². The topological polar surface area (TPSA) is 15.3 Å². The average molecular weight is 323 g/mol. The van der Waals surface area contributed by atoms with Crippen LogP contribution in [0, 0.1) is 5.82 Å². The molecule has 0 unspecified atom stereocenters. The number of nitrogens with zero attached hydrogens (tertiary/aromatic N) is 1. The maximum atomic E-state index is 13.0. The molecule has 4 heteroatoms. The molecule has 2 rings (SSSR count). The predicted octanol–water partition coefficient (Wildman–Crippen LogP) is 4.08. The molecule has 0 amide bonds. The molecule has 2 nitrogen and oxygen atoms in total. The highest BCUT2D eigenvalue weighted by Gasteiger charge is 2.09. The zero-order valence-corrected chi connectivity index (χ0v) is 12.5. The second-order valence-electron chi connectivity index (χ2n) is 4.34. The fraction of sp³-hybridized carbons (Fsp3) is 0.200. The molecule has 0 bridgehead atoms. The third-order valence-electron chi connectivity index (χ3n) is 2.98. The molecular formula is C15H16BrFN2. The number of hydrogen-bond acceptors (Lipinski definition) is 2. The van der Waals surface area contributed by atoms with E-state index in [9.17, 15) is 4.39 Å². The second kappa shape index (κ2) is 6.17. The standard InChI is InChI=1S/C15H16BrFN2/c1-18-10-11-9-12(16)3-8-15(11)19(2)14-6-4-13(17)5-7-14/h3-9,18H,10H2,1-2H3. The fourth-order valence-corrected chi connectivity index (χ4v) is 2.43. The smallest absolute Gasteiger partial charge is 0.123 e. The quantitative estimate of drug-likeness (QED) is 0.912. The van der Waals surface area contributed by atoms with Crippen molar-refractivity contribution in [3.8, 4) is 0 Å². The van der Waals surface area contributed by atoms with E-state index in [0.29, 0.717) is 0 Å². The first-order valence-electron chi connectivity index (χ1n) is 6.04. The van der Waals surface area contributed by atoms with Crippen molar-refractivity contribution >= 4 is 27.3 Å². The van der Waals surface area contributed by atoms with Crippen molar-refractivity contribution in [2.75, 3.05) is 19.0 Å². The Morgan fingerprint density at radius 2 is 1.84 bits per heavy atom. The maximum absolute atomic E-state index is 13.0. The molecule has 2 aromatic rings. The minimum absolute atomic E-state index is 0.219. The Hall–Kier alpha value is -1.39. The molecule has 0 radical (unpaired) electrons. The molecule has 0 aliphatic heterocycles. The van der Waals surface area contributed by atoms with Crippen LogP contribution in [-0.4, -0.2) is 14.1 Å². The van der Waals surface area contributed by atoms with Crippen LogP contribution in [0.1, 0.15) is 5.56 Å². The lowest BCUT2D eigenvalue weighted by molar-refractivity contribution is 0.628. The zero-order valence-electron chi connectivity index (χ0n) is 11.0. The molecule has 0 saturated heterocycles. The Morgan fingerprint density at radius 1 is 1.16 bits per heavy atom. The lowest BCUT2D eigenvalue weighted by atomic mass is 10.1. The van der Waals surface area contributed by atoms with Crippen molar-refractivity contribution in [2.45, 2.75) is 6.54 Å². The maximum Gasteiger partial charge on any atom is 0.123 e. The molecule has 0 atom stereocenters. The number of rotatable bonds is 4. The molecule has 1 N–H and O–H groups in total. The van der Waals surface area contributed by atoms with Gasteiger partial charge in [-0.3, -0.25) is 0 Å². The number of halogens is 2. The van der Waals surface area contributed by atoms with Gasteiger partial charge < -0.3 is 10.2 Å². The van der Waals surface area contributed by atoms with Gasteiger partial charge in [0.1, 0.15) is 5.82 Å². The third kappa shape index (κ3) is 3.33. The SMILES string of the molecule is CNCc1cc(Br)ccc1N(C)c1ccc(F)cc1. The van der Waals surface area contributed by atoms with Gasteiger partial charge in [-0.25, -0.2) is 4.39 Å². The predicted molar refractivity (Wildman–Crippen MR) is 81.4 cm³/mol. The van der Waals surface area contributed by atoms with Gasteiger partial charge in [0, 0.05) is 29.4 Å². The first-order chi connectivity index (χ1) is 9.11. The van der Waals surface area contributed by atoms with Crippen LogP contribution in [0.25, 0.3) is 0 Å². The highest BCUT2D eigenvalue weighted by atomic mass is 79.9. The summed E-state index contributed by atoms with van der Waals surface area (Å²) >= 11 is 3.49. The Morgan fingerprint density at radius 3 is 2.47 bits per heavy atom. The molecule has 0 heterocycles. The number of benzene rings is 2. The first kappa shape index (κ1) is 14.0. The summed E-state index contributed by atoms with van der Waals surface area (Å²) in [4.78, 5) is 2.05. The van der Waals surface area contributed by atoms with Crippen molar-refractivity contribution < 1.29 is 4.39 Å². The molecule has 19 heavy (non-hydrogen) atoms. The Kier molecular flexibility index (Phi) is 4.56. The van der Waals surface area contributed by atoms with E-state index < -0.39 is 0 Å². The minimum atomic E-state index is -0.219. The van der Waals surface area contributed by atoms with Crippen LogP contribution in [0.2, 0.25) is 0 Å². The fourth-order valence-electron chi connectivity index (χ4n) is 2.02. The lowest BCUT2D eigenvalue weighted by Crippen LogP contribution is -2.15. The largest absolute Gasteiger partial charge is 0.344 e. The monoisotopic (exact) mass is 322 g/mol. The van der Waals surface area contributed by atoms with E-state index in [1.54, 1.807) is 12.1 Å². The molecule has 0 fully saturated rings. The highest BCUT2D eigenvalue weighted by molar-refractivity contribution is 9.10. The van der Waals surface area contributed by atoms with E-state index in [4.69, 9.17) is 0 Å². The Bertz CT molecular complexity index is 555. The van der Waals surface area contributed by atoms with Crippen LogP contribution in [0.4, 0.5) is 15.8 Å². The van der Waals surface area contributed by atoms with E-state index in [-0.39, 0.29) is 5.82 Å². The van der Waals surface area contributed by atoms with Gasteiger partial charge in [0.15, 0.2) is 0 Å². The zero-order chi connectivity index (χ0) is 13.8. The van der Waals surface area contributed by atoms with E-state index in [1.165, 1.54) is 17.7 Å². The van der Waals surface area contributed by atoms with Gasteiger partial charge in [-0.1, -0.05) is 15.9 Å². The van der Waals surface area contributed by atoms with Gasteiger partial charge >= 0.3 is 0 Å². The van der Waals surface area contributed by atoms with Gasteiger partial charge in [0.25, 0.3) is 0 Å². The van der Waals surface area contributed by atoms with Gasteiger partial charge in [-0.2, -0.15) is 0 Å². The molecule has 0 saturated carbocycles. The number of nitrogens with one attached hydrogen (secondary N) is 1. The normalized spacial score (nSPS) is 10.5. The van der Waals surface area contributed by atoms with E-state index >= 15 is 0 Å². The summed E-state index contributed by atoms with van der Waals surface area (Å²) < 4.78 is 14.0. The molecular weight excluding hydrogens is 307 g/mol.